The molecule has 1 aliphatic rings. The SMILES string of the molecule is O=C(OC(=O)C(F)(F)F)c1ccc(F)c(-c2cnc([C@@H]3CCc4cc(-c5cc(Cl)ccc5-n5cnnn5)cc(=O)n43)[nH]2)c1. The number of pyridine rings is 1. The van der Waals surface area contributed by atoms with Crippen molar-refractivity contribution in [2.24, 2.45) is 0 Å². The summed E-state index contributed by atoms with van der Waals surface area (Å²) in [6.07, 6.45) is -1.70. The summed E-state index contributed by atoms with van der Waals surface area (Å²) in [5, 5.41) is 11.7. The molecule has 0 amide bonds. The van der Waals surface area contributed by atoms with Crippen molar-refractivity contribution in [2.45, 2.75) is 25.1 Å². The van der Waals surface area contributed by atoms with Gasteiger partial charge in [-0.25, -0.2) is 19.0 Å². The Balaban J connectivity index is 1.31. The van der Waals surface area contributed by atoms with Gasteiger partial charge < -0.3 is 14.3 Å². The number of hydrogen-bond donors (Lipinski definition) is 1. The number of carbonyl (C=O) groups excluding carboxylic acids is 2. The first-order valence-corrected chi connectivity index (χ1v) is 12.8. The number of nitrogens with zero attached hydrogens (tertiary/aromatic N) is 6. The topological polar surface area (TPSA) is 138 Å². The van der Waals surface area contributed by atoms with Crippen molar-refractivity contribution in [1.82, 2.24) is 34.7 Å². The molecular weight excluding hydrogens is 598 g/mol. The normalized spacial score (nSPS) is 14.5. The minimum absolute atomic E-state index is 0.0902. The quantitative estimate of drug-likeness (QED) is 0.174. The molecule has 5 aromatic rings. The number of alkyl halides is 3. The molecule has 0 spiro atoms. The Bertz CT molecular complexity index is 1950. The van der Waals surface area contributed by atoms with Crippen LogP contribution in [0.4, 0.5) is 17.6 Å². The average Bonchev–Trinajstić information content (AvgIpc) is 3.74. The van der Waals surface area contributed by atoms with Crippen molar-refractivity contribution in [1.29, 1.82) is 0 Å². The van der Waals surface area contributed by atoms with Gasteiger partial charge in [0, 0.05) is 27.9 Å². The number of esters is 2. The number of imidazole rings is 1. The van der Waals surface area contributed by atoms with Crippen LogP contribution in [0.1, 0.15) is 34.3 Å². The molecule has 218 valence electrons. The Labute approximate surface area is 242 Å². The predicted octanol–water partition coefficient (Wildman–Crippen LogP) is 4.45. The van der Waals surface area contributed by atoms with E-state index in [0.29, 0.717) is 46.2 Å². The van der Waals surface area contributed by atoms with E-state index in [-0.39, 0.29) is 16.8 Å². The number of carbonyl (C=O) groups is 2. The largest absolute Gasteiger partial charge is 0.491 e. The Kier molecular flexibility index (Phi) is 6.88. The highest BCUT2D eigenvalue weighted by Crippen LogP contribution is 2.35. The van der Waals surface area contributed by atoms with Crippen LogP contribution in [0.5, 0.6) is 0 Å². The third-order valence-electron chi connectivity index (χ3n) is 6.82. The number of hydrogen-bond acceptors (Lipinski definition) is 8. The third kappa shape index (κ3) is 5.30. The fraction of sp³-hybridized carbons (Fsp3) is 0.148. The number of rotatable bonds is 5. The highest BCUT2D eigenvalue weighted by molar-refractivity contribution is 6.31. The second kappa shape index (κ2) is 10.6. The van der Waals surface area contributed by atoms with Crippen molar-refractivity contribution in [2.75, 3.05) is 0 Å². The maximum Gasteiger partial charge on any atom is 0.491 e. The Morgan fingerprint density at radius 2 is 1.88 bits per heavy atom. The fourth-order valence-electron chi connectivity index (χ4n) is 4.92. The van der Waals surface area contributed by atoms with E-state index in [1.807, 2.05) is 6.07 Å². The van der Waals surface area contributed by atoms with E-state index in [1.54, 1.807) is 22.8 Å². The number of aromatic amines is 1. The van der Waals surface area contributed by atoms with Crippen LogP contribution in [-0.4, -0.2) is 52.9 Å². The summed E-state index contributed by atoms with van der Waals surface area (Å²) in [5.74, 6) is -4.79. The predicted molar refractivity (Wildman–Crippen MR) is 141 cm³/mol. The average molecular weight is 614 g/mol. The fourth-order valence-corrected chi connectivity index (χ4v) is 5.09. The monoisotopic (exact) mass is 613 g/mol. The second-order valence-electron chi connectivity index (χ2n) is 9.47. The summed E-state index contributed by atoms with van der Waals surface area (Å²) < 4.78 is 59.0. The molecule has 3 aromatic heterocycles. The molecule has 0 bridgehead atoms. The molecule has 0 saturated heterocycles. The number of aromatic nitrogens is 7. The summed E-state index contributed by atoms with van der Waals surface area (Å²) in [4.78, 5) is 43.8. The highest BCUT2D eigenvalue weighted by Gasteiger charge is 2.42. The molecule has 11 nitrogen and oxygen atoms in total. The molecule has 1 atom stereocenters. The van der Waals surface area contributed by atoms with Crippen LogP contribution in [0.15, 0.2) is 65.8 Å². The molecule has 4 heterocycles. The van der Waals surface area contributed by atoms with Gasteiger partial charge in [0.1, 0.15) is 18.0 Å². The number of tetrazole rings is 1. The molecule has 1 aliphatic heterocycles. The summed E-state index contributed by atoms with van der Waals surface area (Å²) in [6.45, 7) is 0. The number of ether oxygens (including phenoxy) is 1. The first-order valence-electron chi connectivity index (χ1n) is 12.5. The van der Waals surface area contributed by atoms with Crippen LogP contribution in [0, 0.1) is 5.82 Å². The molecule has 16 heteroatoms. The van der Waals surface area contributed by atoms with Crippen LogP contribution >= 0.6 is 11.6 Å². The Morgan fingerprint density at radius 1 is 1.07 bits per heavy atom. The van der Waals surface area contributed by atoms with E-state index in [1.165, 1.54) is 23.3 Å². The third-order valence-corrected chi connectivity index (χ3v) is 7.05. The number of aryl methyl sites for hydroxylation is 1. The molecule has 6 rings (SSSR count). The maximum absolute atomic E-state index is 14.7. The van der Waals surface area contributed by atoms with E-state index in [9.17, 15) is 31.9 Å². The van der Waals surface area contributed by atoms with E-state index < -0.39 is 35.5 Å². The Hall–Kier alpha value is -5.18. The molecular formula is C27H16ClF4N7O4. The van der Waals surface area contributed by atoms with E-state index in [2.05, 4.69) is 30.2 Å². The first kappa shape index (κ1) is 28.0. The summed E-state index contributed by atoms with van der Waals surface area (Å²) >= 11 is 6.25. The zero-order valence-electron chi connectivity index (χ0n) is 21.5. The maximum atomic E-state index is 14.7. The number of H-pyrrole nitrogens is 1. The molecule has 2 aromatic carbocycles. The molecule has 0 fully saturated rings. The number of nitrogens with one attached hydrogen (secondary N) is 1. The molecule has 0 radical (unpaired) electrons. The standard InChI is InChI=1S/C27H16ClF4N7O4/c28-15-2-5-21(38-12-34-36-37-38)17(10-15)14-7-16-3-6-22(39(16)23(40)9-14)24-33-11-20(35-24)18-8-13(1-4-19(18)29)25(41)43-26(42)27(30,31)32/h1-2,4-5,7-12,22H,3,6H2,(H,33,35)/t22-/m0/s1. The number of benzene rings is 2. The van der Waals surface area contributed by atoms with Crippen LogP contribution in [0.2, 0.25) is 5.02 Å². The smallest absolute Gasteiger partial charge is 0.383 e. The lowest BCUT2D eigenvalue weighted by Crippen LogP contribution is -2.28. The van der Waals surface area contributed by atoms with Gasteiger partial charge in [0.05, 0.1) is 29.2 Å². The molecule has 43 heavy (non-hydrogen) atoms. The van der Waals surface area contributed by atoms with Gasteiger partial charge in [-0.1, -0.05) is 11.6 Å². The van der Waals surface area contributed by atoms with Crippen LogP contribution in [-0.2, 0) is 16.0 Å². The second-order valence-corrected chi connectivity index (χ2v) is 9.90. The van der Waals surface area contributed by atoms with Crippen molar-refractivity contribution in [3.8, 4) is 28.1 Å². The molecule has 0 unspecified atom stereocenters. The van der Waals surface area contributed by atoms with Crippen molar-refractivity contribution in [3.63, 3.8) is 0 Å². The zero-order chi connectivity index (χ0) is 30.5. The minimum Gasteiger partial charge on any atom is -0.383 e. The summed E-state index contributed by atoms with van der Waals surface area (Å²) in [6, 6.07) is 10.5. The van der Waals surface area contributed by atoms with Crippen molar-refractivity contribution in [3.05, 3.63) is 99.3 Å². The zero-order valence-corrected chi connectivity index (χ0v) is 22.2. The lowest BCUT2D eigenvalue weighted by Gasteiger charge is -2.15. The molecule has 0 aliphatic carbocycles. The summed E-state index contributed by atoms with van der Waals surface area (Å²) in [7, 11) is 0. The highest BCUT2D eigenvalue weighted by atomic mass is 35.5. The molecule has 1 N–H and O–H groups in total. The van der Waals surface area contributed by atoms with Crippen LogP contribution in [0.3, 0.4) is 0 Å². The van der Waals surface area contributed by atoms with Crippen LogP contribution < -0.4 is 5.56 Å². The minimum atomic E-state index is -5.38. The van der Waals surface area contributed by atoms with Gasteiger partial charge in [-0.05, 0) is 71.3 Å². The van der Waals surface area contributed by atoms with E-state index in [0.717, 1.165) is 18.2 Å². The Morgan fingerprint density at radius 3 is 2.63 bits per heavy atom. The molecule has 0 saturated carbocycles. The lowest BCUT2D eigenvalue weighted by atomic mass is 10.0. The van der Waals surface area contributed by atoms with Gasteiger partial charge in [0.2, 0.25) is 0 Å². The lowest BCUT2D eigenvalue weighted by molar-refractivity contribution is -0.193. The van der Waals surface area contributed by atoms with Gasteiger partial charge in [-0.15, -0.1) is 5.10 Å². The van der Waals surface area contributed by atoms with Gasteiger partial charge in [0.15, 0.2) is 0 Å². The van der Waals surface area contributed by atoms with E-state index >= 15 is 0 Å². The first-order chi connectivity index (χ1) is 20.5. The number of fused-ring (bicyclic) bond motifs is 1. The van der Waals surface area contributed by atoms with Gasteiger partial charge in [0.25, 0.3) is 5.56 Å². The van der Waals surface area contributed by atoms with Gasteiger partial charge >= 0.3 is 18.1 Å². The van der Waals surface area contributed by atoms with Gasteiger partial charge in [-0.3, -0.25) is 4.79 Å². The summed E-state index contributed by atoms with van der Waals surface area (Å²) in [5.41, 5.74) is 1.62. The van der Waals surface area contributed by atoms with Crippen LogP contribution in [0.25, 0.3) is 28.1 Å². The van der Waals surface area contributed by atoms with Crippen molar-refractivity contribution >= 4 is 23.5 Å². The van der Waals surface area contributed by atoms with Crippen molar-refractivity contribution < 1.29 is 31.9 Å². The van der Waals surface area contributed by atoms with Gasteiger partial charge in [-0.2, -0.15) is 17.9 Å². The number of halogens is 5. The van der Waals surface area contributed by atoms with E-state index in [4.69, 9.17) is 11.6 Å².